The summed E-state index contributed by atoms with van der Waals surface area (Å²) in [6, 6.07) is 0. The topological polar surface area (TPSA) is 0 Å². The lowest BCUT2D eigenvalue weighted by Crippen LogP contribution is -2.03. The predicted octanol–water partition coefficient (Wildman–Crippen LogP) is 6.24. The Bertz CT molecular complexity index is 168. The summed E-state index contributed by atoms with van der Waals surface area (Å²) >= 11 is 0. The molecule has 0 aromatic heterocycles. The molecule has 0 aliphatic heterocycles. The van der Waals surface area contributed by atoms with Crippen LogP contribution in [0.2, 0.25) is 0 Å². The Morgan fingerprint density at radius 2 is 1.38 bits per heavy atom. The normalized spacial score (nSPS) is 10.4. The van der Waals surface area contributed by atoms with E-state index in [4.69, 9.17) is 0 Å². The van der Waals surface area contributed by atoms with Crippen LogP contribution in [0, 0.1) is 11.8 Å². The van der Waals surface area contributed by atoms with Crippen LogP contribution in [-0.2, 0) is 0 Å². The van der Waals surface area contributed by atoms with Crippen LogP contribution in [0.15, 0.2) is 23.8 Å². The van der Waals surface area contributed by atoms with Crippen LogP contribution in [0.3, 0.4) is 0 Å². The van der Waals surface area contributed by atoms with Crippen molar-refractivity contribution in [2.45, 2.75) is 68.7 Å². The number of allylic oxidation sites excluding steroid dienone is 3. The maximum atomic E-state index is 4.10. The van der Waals surface area contributed by atoms with Crippen molar-refractivity contribution in [1.29, 1.82) is 0 Å². The highest BCUT2D eigenvalue weighted by atomic mass is 14.1. The van der Waals surface area contributed by atoms with Crippen LogP contribution < -0.4 is 0 Å². The summed E-state index contributed by atoms with van der Waals surface area (Å²) in [7, 11) is 0. The fraction of sp³-hybridized carbons (Fsp3) is 0.750. The molecule has 0 N–H and O–H groups in total. The molecule has 1 unspecified atom stereocenters. The van der Waals surface area contributed by atoms with Crippen molar-refractivity contribution in [2.75, 3.05) is 0 Å². The molecule has 0 heteroatoms. The van der Waals surface area contributed by atoms with Crippen molar-refractivity contribution in [2.24, 2.45) is 11.8 Å². The van der Waals surface area contributed by atoms with Gasteiger partial charge in [-0.25, -0.2) is 0 Å². The van der Waals surface area contributed by atoms with Crippen molar-refractivity contribution < 1.29 is 0 Å². The van der Waals surface area contributed by atoms with Gasteiger partial charge in [-0.1, -0.05) is 72.3 Å². The van der Waals surface area contributed by atoms with Gasteiger partial charge in [-0.3, -0.25) is 0 Å². The second-order valence-corrected chi connectivity index (χ2v) is 4.15. The van der Waals surface area contributed by atoms with E-state index in [9.17, 15) is 0 Å². The molecular weight excluding hydrogens is 192 g/mol. The Balaban J connectivity index is -0.000000376. The second kappa shape index (κ2) is 14.5. The minimum absolute atomic E-state index is 0.616. The molecular formula is C16H34. The van der Waals surface area contributed by atoms with Crippen LogP contribution >= 0.6 is 0 Å². The largest absolute Gasteiger partial charge is 0.0993 e. The van der Waals surface area contributed by atoms with Gasteiger partial charge >= 0.3 is 0 Å². The predicted molar refractivity (Wildman–Crippen MR) is 79.9 cm³/mol. The van der Waals surface area contributed by atoms with Gasteiger partial charge in [0.2, 0.25) is 0 Å². The molecule has 98 valence electrons. The van der Waals surface area contributed by atoms with Gasteiger partial charge in [0.25, 0.3) is 0 Å². The van der Waals surface area contributed by atoms with Gasteiger partial charge in [0, 0.05) is 0 Å². The molecule has 1 atom stereocenters. The molecule has 0 radical (unpaired) electrons. The molecule has 0 aliphatic carbocycles. The van der Waals surface area contributed by atoms with Gasteiger partial charge < -0.3 is 0 Å². The van der Waals surface area contributed by atoms with Crippen molar-refractivity contribution in [3.8, 4) is 0 Å². The number of hydrogen-bond donors (Lipinski definition) is 0. The maximum Gasteiger partial charge on any atom is -0.0197 e. The lowest BCUT2D eigenvalue weighted by molar-refractivity contribution is 0.592. The minimum Gasteiger partial charge on any atom is -0.0993 e. The molecule has 0 nitrogen and oxygen atoms in total. The zero-order chi connectivity index (χ0) is 13.7. The Kier molecular flexibility index (Phi) is 18.9. The molecule has 0 fully saturated rings. The lowest BCUT2D eigenvalue weighted by Gasteiger charge is -2.16. The van der Waals surface area contributed by atoms with E-state index in [1.807, 2.05) is 27.7 Å². The van der Waals surface area contributed by atoms with Gasteiger partial charge in [-0.15, -0.1) is 0 Å². The van der Waals surface area contributed by atoms with Crippen LogP contribution in [0.1, 0.15) is 68.7 Å². The summed E-state index contributed by atoms with van der Waals surface area (Å²) in [5, 5.41) is 0. The summed E-state index contributed by atoms with van der Waals surface area (Å²) in [5.41, 5.74) is 2.77. The number of hydrogen-bond acceptors (Lipinski definition) is 0. The fourth-order valence-corrected chi connectivity index (χ4v) is 1.13. The van der Waals surface area contributed by atoms with Crippen LogP contribution in [0.5, 0.6) is 0 Å². The maximum absolute atomic E-state index is 4.10. The van der Waals surface area contributed by atoms with E-state index in [0.29, 0.717) is 11.8 Å². The summed E-state index contributed by atoms with van der Waals surface area (Å²) in [4.78, 5) is 0. The van der Waals surface area contributed by atoms with E-state index in [2.05, 4.69) is 47.3 Å². The van der Waals surface area contributed by atoms with Gasteiger partial charge in [-0.05, 0) is 32.1 Å². The Hall–Kier alpha value is -0.520. The average molecular weight is 226 g/mol. The molecule has 0 rings (SSSR count). The minimum atomic E-state index is 0.616. The van der Waals surface area contributed by atoms with Gasteiger partial charge in [0.1, 0.15) is 0 Å². The number of rotatable bonds is 4. The zero-order valence-corrected chi connectivity index (χ0v) is 13.1. The second-order valence-electron chi connectivity index (χ2n) is 4.15. The molecule has 0 aliphatic rings. The first kappa shape index (κ1) is 20.8. The molecule has 16 heavy (non-hydrogen) atoms. The third kappa shape index (κ3) is 13.5. The first-order valence-electron chi connectivity index (χ1n) is 6.77. The summed E-state index contributed by atoms with van der Waals surface area (Å²) < 4.78 is 0. The quantitative estimate of drug-likeness (QED) is 0.497. The Morgan fingerprint density at radius 1 is 1.00 bits per heavy atom. The van der Waals surface area contributed by atoms with E-state index in [1.54, 1.807) is 0 Å². The first-order valence-corrected chi connectivity index (χ1v) is 6.77. The average Bonchev–Trinajstić information content (AvgIpc) is 2.30. The van der Waals surface area contributed by atoms with Crippen molar-refractivity contribution in [3.05, 3.63) is 23.8 Å². The van der Waals surface area contributed by atoms with E-state index >= 15 is 0 Å². The van der Waals surface area contributed by atoms with Gasteiger partial charge in [0.15, 0.2) is 0 Å². The van der Waals surface area contributed by atoms with Crippen LogP contribution in [0.25, 0.3) is 0 Å². The molecule has 0 heterocycles. The van der Waals surface area contributed by atoms with Crippen LogP contribution in [-0.4, -0.2) is 0 Å². The zero-order valence-electron chi connectivity index (χ0n) is 13.1. The Labute approximate surface area is 105 Å². The van der Waals surface area contributed by atoms with E-state index in [1.165, 1.54) is 11.1 Å². The standard InChI is InChI=1S/C12H22.2C2H6/c1-9(2)7-8-11(5)12(6)10(3)4;2*1-2/h7,10-11H,6,8H2,1-5H3;2*1-2H3. The molecule has 0 saturated carbocycles. The molecule has 0 spiro atoms. The molecule has 0 aromatic carbocycles. The summed E-state index contributed by atoms with van der Waals surface area (Å²) in [5.74, 6) is 1.24. The Morgan fingerprint density at radius 3 is 1.62 bits per heavy atom. The summed E-state index contributed by atoms with van der Waals surface area (Å²) in [6.45, 7) is 23.1. The van der Waals surface area contributed by atoms with Crippen LogP contribution in [0.4, 0.5) is 0 Å². The van der Waals surface area contributed by atoms with Gasteiger partial charge in [-0.2, -0.15) is 0 Å². The first-order chi connectivity index (χ1) is 7.45. The van der Waals surface area contributed by atoms with Gasteiger partial charge in [0.05, 0.1) is 0 Å². The highest BCUT2D eigenvalue weighted by Crippen LogP contribution is 2.21. The third-order valence-electron chi connectivity index (χ3n) is 2.25. The SMILES string of the molecule is C=C(C(C)C)C(C)CC=C(C)C.CC.CC. The highest BCUT2D eigenvalue weighted by Gasteiger charge is 2.07. The summed E-state index contributed by atoms with van der Waals surface area (Å²) in [6.07, 6.45) is 3.43. The fourth-order valence-electron chi connectivity index (χ4n) is 1.13. The smallest absolute Gasteiger partial charge is 0.0197 e. The van der Waals surface area contributed by atoms with E-state index in [0.717, 1.165) is 6.42 Å². The molecule has 0 amide bonds. The molecule has 0 bridgehead atoms. The van der Waals surface area contributed by atoms with E-state index < -0.39 is 0 Å². The highest BCUT2D eigenvalue weighted by molar-refractivity contribution is 5.06. The van der Waals surface area contributed by atoms with Crippen molar-refractivity contribution in [3.63, 3.8) is 0 Å². The lowest BCUT2D eigenvalue weighted by atomic mass is 9.90. The third-order valence-corrected chi connectivity index (χ3v) is 2.25. The van der Waals surface area contributed by atoms with E-state index in [-0.39, 0.29) is 0 Å². The van der Waals surface area contributed by atoms with Crippen molar-refractivity contribution in [1.82, 2.24) is 0 Å². The molecule has 0 aromatic rings. The monoisotopic (exact) mass is 226 g/mol. The molecule has 0 saturated heterocycles. The van der Waals surface area contributed by atoms with Crippen molar-refractivity contribution >= 4 is 0 Å².